The number of thioether (sulfide) groups is 1. The number of rotatable bonds is 7. The standard InChI is InChI=1S/C17H27NOS/c1-13(2)11-19-17-6-4-16(5-7-17)14(3)18-10-15-8-9-20-12-15/h4-7,13-15,18H,8-12H2,1-3H3. The van der Waals surface area contributed by atoms with E-state index in [2.05, 4.69) is 62.1 Å². The maximum Gasteiger partial charge on any atom is 0.119 e. The molecule has 1 saturated heterocycles. The van der Waals surface area contributed by atoms with Crippen molar-refractivity contribution in [3.8, 4) is 5.75 Å². The Morgan fingerprint density at radius 2 is 2.00 bits per heavy atom. The van der Waals surface area contributed by atoms with Crippen molar-refractivity contribution < 1.29 is 4.74 Å². The van der Waals surface area contributed by atoms with Crippen molar-refractivity contribution in [2.75, 3.05) is 24.7 Å². The molecule has 1 heterocycles. The van der Waals surface area contributed by atoms with Gasteiger partial charge in [-0.1, -0.05) is 26.0 Å². The molecule has 112 valence electrons. The van der Waals surface area contributed by atoms with Gasteiger partial charge >= 0.3 is 0 Å². The van der Waals surface area contributed by atoms with Crippen molar-refractivity contribution in [2.24, 2.45) is 11.8 Å². The van der Waals surface area contributed by atoms with E-state index in [1.807, 2.05) is 0 Å². The summed E-state index contributed by atoms with van der Waals surface area (Å²) in [5.41, 5.74) is 1.34. The topological polar surface area (TPSA) is 21.3 Å². The summed E-state index contributed by atoms with van der Waals surface area (Å²) in [6.45, 7) is 8.50. The molecule has 2 atom stereocenters. The van der Waals surface area contributed by atoms with E-state index in [1.54, 1.807) is 0 Å². The van der Waals surface area contributed by atoms with Crippen LogP contribution in [0.2, 0.25) is 0 Å². The summed E-state index contributed by atoms with van der Waals surface area (Å²) in [4.78, 5) is 0. The number of hydrogen-bond acceptors (Lipinski definition) is 3. The van der Waals surface area contributed by atoms with Crippen molar-refractivity contribution in [1.82, 2.24) is 5.32 Å². The summed E-state index contributed by atoms with van der Waals surface area (Å²) in [6, 6.07) is 8.94. The third-order valence-corrected chi connectivity index (χ3v) is 4.93. The Bertz CT molecular complexity index is 384. The van der Waals surface area contributed by atoms with Gasteiger partial charge in [0.05, 0.1) is 6.61 Å². The van der Waals surface area contributed by atoms with Crippen molar-refractivity contribution in [1.29, 1.82) is 0 Å². The minimum absolute atomic E-state index is 0.416. The number of nitrogens with one attached hydrogen (secondary N) is 1. The first-order valence-corrected chi connectivity index (χ1v) is 8.84. The molecule has 1 aromatic carbocycles. The van der Waals surface area contributed by atoms with Gasteiger partial charge in [-0.15, -0.1) is 0 Å². The van der Waals surface area contributed by atoms with Crippen LogP contribution in [0.5, 0.6) is 5.75 Å². The summed E-state index contributed by atoms with van der Waals surface area (Å²) in [5, 5.41) is 3.66. The second-order valence-corrected chi connectivity index (χ2v) is 7.28. The summed E-state index contributed by atoms with van der Waals surface area (Å²) in [5.74, 6) is 5.06. The van der Waals surface area contributed by atoms with Gasteiger partial charge in [0.15, 0.2) is 0 Å². The van der Waals surface area contributed by atoms with Gasteiger partial charge in [0.2, 0.25) is 0 Å². The average Bonchev–Trinajstić information content (AvgIpc) is 2.96. The molecule has 0 amide bonds. The Morgan fingerprint density at radius 3 is 2.60 bits per heavy atom. The molecule has 2 unspecified atom stereocenters. The van der Waals surface area contributed by atoms with E-state index in [-0.39, 0.29) is 0 Å². The van der Waals surface area contributed by atoms with E-state index >= 15 is 0 Å². The molecule has 1 fully saturated rings. The van der Waals surface area contributed by atoms with E-state index in [0.717, 1.165) is 24.8 Å². The number of benzene rings is 1. The smallest absolute Gasteiger partial charge is 0.119 e. The van der Waals surface area contributed by atoms with Crippen molar-refractivity contribution >= 4 is 11.8 Å². The number of ether oxygens (including phenoxy) is 1. The van der Waals surface area contributed by atoms with Crippen LogP contribution in [0.4, 0.5) is 0 Å². The minimum Gasteiger partial charge on any atom is -0.493 e. The minimum atomic E-state index is 0.416. The molecule has 0 aromatic heterocycles. The Morgan fingerprint density at radius 1 is 1.25 bits per heavy atom. The van der Waals surface area contributed by atoms with Gasteiger partial charge in [0.25, 0.3) is 0 Å². The molecule has 20 heavy (non-hydrogen) atoms. The molecule has 1 aliphatic heterocycles. The maximum atomic E-state index is 5.72. The summed E-state index contributed by atoms with van der Waals surface area (Å²) in [6.07, 6.45) is 1.37. The zero-order valence-electron chi connectivity index (χ0n) is 12.9. The van der Waals surface area contributed by atoms with Gasteiger partial charge < -0.3 is 10.1 Å². The first-order chi connectivity index (χ1) is 9.65. The fourth-order valence-electron chi connectivity index (χ4n) is 2.32. The molecule has 0 saturated carbocycles. The Labute approximate surface area is 127 Å². The molecule has 2 rings (SSSR count). The second-order valence-electron chi connectivity index (χ2n) is 6.13. The molecule has 0 bridgehead atoms. The van der Waals surface area contributed by atoms with E-state index in [1.165, 1.54) is 23.5 Å². The predicted octanol–water partition coefficient (Wildman–Crippen LogP) is 4.13. The van der Waals surface area contributed by atoms with Crippen LogP contribution in [0.1, 0.15) is 38.8 Å². The van der Waals surface area contributed by atoms with Crippen LogP contribution in [0.15, 0.2) is 24.3 Å². The van der Waals surface area contributed by atoms with Crippen LogP contribution in [-0.2, 0) is 0 Å². The molecule has 0 radical (unpaired) electrons. The van der Waals surface area contributed by atoms with E-state index < -0.39 is 0 Å². The summed E-state index contributed by atoms with van der Waals surface area (Å²) < 4.78 is 5.72. The van der Waals surface area contributed by atoms with Gasteiger partial charge in [-0.3, -0.25) is 0 Å². The second kappa shape index (κ2) is 7.94. The van der Waals surface area contributed by atoms with Crippen LogP contribution in [0, 0.1) is 11.8 Å². The third-order valence-electron chi connectivity index (χ3n) is 3.70. The highest BCUT2D eigenvalue weighted by atomic mass is 32.2. The molecule has 1 aromatic rings. The van der Waals surface area contributed by atoms with E-state index in [4.69, 9.17) is 4.74 Å². The van der Waals surface area contributed by atoms with Crippen LogP contribution in [0.3, 0.4) is 0 Å². The zero-order chi connectivity index (χ0) is 14.4. The van der Waals surface area contributed by atoms with E-state index in [9.17, 15) is 0 Å². The maximum absolute atomic E-state index is 5.72. The monoisotopic (exact) mass is 293 g/mol. The lowest BCUT2D eigenvalue weighted by molar-refractivity contribution is 0.271. The highest BCUT2D eigenvalue weighted by molar-refractivity contribution is 7.99. The molecule has 0 spiro atoms. The molecular formula is C17H27NOS. The molecular weight excluding hydrogens is 266 g/mol. The zero-order valence-corrected chi connectivity index (χ0v) is 13.7. The Balaban J connectivity index is 1.78. The fourth-order valence-corrected chi connectivity index (χ4v) is 3.61. The van der Waals surface area contributed by atoms with Gasteiger partial charge in [0, 0.05) is 6.04 Å². The highest BCUT2D eigenvalue weighted by Crippen LogP contribution is 2.24. The van der Waals surface area contributed by atoms with Gasteiger partial charge in [-0.05, 0) is 60.9 Å². The lowest BCUT2D eigenvalue weighted by Crippen LogP contribution is -2.25. The van der Waals surface area contributed by atoms with Gasteiger partial charge in [0.1, 0.15) is 5.75 Å². The first kappa shape index (κ1) is 15.7. The normalized spacial score (nSPS) is 20.3. The van der Waals surface area contributed by atoms with Crippen LogP contribution in [-0.4, -0.2) is 24.7 Å². The lowest BCUT2D eigenvalue weighted by Gasteiger charge is -2.17. The predicted molar refractivity (Wildman–Crippen MR) is 88.6 cm³/mol. The Kier molecular flexibility index (Phi) is 6.24. The average molecular weight is 293 g/mol. The summed E-state index contributed by atoms with van der Waals surface area (Å²) in [7, 11) is 0. The van der Waals surface area contributed by atoms with Gasteiger partial charge in [-0.25, -0.2) is 0 Å². The first-order valence-electron chi connectivity index (χ1n) is 7.69. The molecule has 3 heteroatoms. The third kappa shape index (κ3) is 5.02. The highest BCUT2D eigenvalue weighted by Gasteiger charge is 2.16. The fraction of sp³-hybridized carbons (Fsp3) is 0.647. The van der Waals surface area contributed by atoms with Crippen LogP contribution < -0.4 is 10.1 Å². The van der Waals surface area contributed by atoms with Crippen molar-refractivity contribution in [2.45, 2.75) is 33.2 Å². The van der Waals surface area contributed by atoms with E-state index in [0.29, 0.717) is 12.0 Å². The molecule has 1 N–H and O–H groups in total. The SMILES string of the molecule is CC(C)COc1ccc(C(C)NCC2CCSC2)cc1. The quantitative estimate of drug-likeness (QED) is 0.817. The summed E-state index contributed by atoms with van der Waals surface area (Å²) >= 11 is 2.08. The van der Waals surface area contributed by atoms with Crippen LogP contribution >= 0.6 is 11.8 Å². The van der Waals surface area contributed by atoms with Crippen LogP contribution in [0.25, 0.3) is 0 Å². The van der Waals surface area contributed by atoms with Gasteiger partial charge in [-0.2, -0.15) is 11.8 Å². The molecule has 1 aliphatic rings. The molecule has 2 nitrogen and oxygen atoms in total. The molecule has 0 aliphatic carbocycles. The lowest BCUT2D eigenvalue weighted by atomic mass is 10.1. The van der Waals surface area contributed by atoms with Crippen molar-refractivity contribution in [3.05, 3.63) is 29.8 Å². The van der Waals surface area contributed by atoms with Crippen molar-refractivity contribution in [3.63, 3.8) is 0 Å². The largest absolute Gasteiger partial charge is 0.493 e. The Hall–Kier alpha value is -0.670. The number of hydrogen-bond donors (Lipinski definition) is 1.